The van der Waals surface area contributed by atoms with Gasteiger partial charge in [0.1, 0.15) is 11.3 Å². The standard InChI is InChI=1S/C30H23F8N3O3/c31-28(32,33)19-12-8-17(9-13-19)18-10-14-20(15-11-18)30(37,38)44-24-6-2-1-4-21(24)23-5-3-7-25(40-23)41-26(29(34,35)36)22(16-39-41)27(42)43/h1-7,10-11,14-17,19H,8-9,12-13H2,(H,42,43). The summed E-state index contributed by atoms with van der Waals surface area (Å²) in [7, 11) is 0. The van der Waals surface area contributed by atoms with E-state index in [2.05, 4.69) is 10.1 Å². The van der Waals surface area contributed by atoms with Gasteiger partial charge < -0.3 is 9.84 Å². The summed E-state index contributed by atoms with van der Waals surface area (Å²) in [5, 5.41) is 12.7. The second-order valence-corrected chi connectivity index (χ2v) is 10.3. The van der Waals surface area contributed by atoms with E-state index in [0.717, 1.165) is 18.2 Å². The summed E-state index contributed by atoms with van der Waals surface area (Å²) in [5.41, 5.74) is -2.58. The van der Waals surface area contributed by atoms with Gasteiger partial charge in [0.2, 0.25) is 0 Å². The Kier molecular flexibility index (Phi) is 8.12. The summed E-state index contributed by atoms with van der Waals surface area (Å²) < 4.78 is 116. The van der Waals surface area contributed by atoms with Crippen molar-refractivity contribution in [2.24, 2.45) is 5.92 Å². The average Bonchev–Trinajstić information content (AvgIpc) is 3.44. The van der Waals surface area contributed by atoms with Crippen LogP contribution in [0.2, 0.25) is 0 Å². The van der Waals surface area contributed by atoms with E-state index in [0.29, 0.717) is 16.4 Å². The Morgan fingerprint density at radius 3 is 2.11 bits per heavy atom. The summed E-state index contributed by atoms with van der Waals surface area (Å²) in [6.45, 7) is 0. The van der Waals surface area contributed by atoms with E-state index >= 15 is 8.78 Å². The summed E-state index contributed by atoms with van der Waals surface area (Å²) in [4.78, 5) is 15.5. The predicted molar refractivity (Wildman–Crippen MR) is 140 cm³/mol. The first-order valence-electron chi connectivity index (χ1n) is 13.3. The van der Waals surface area contributed by atoms with E-state index in [4.69, 9.17) is 4.74 Å². The Balaban J connectivity index is 1.39. The van der Waals surface area contributed by atoms with Crippen LogP contribution in [-0.2, 0) is 12.3 Å². The second kappa shape index (κ2) is 11.5. The highest BCUT2D eigenvalue weighted by atomic mass is 19.4. The number of hydrogen-bond acceptors (Lipinski definition) is 4. The third kappa shape index (κ3) is 6.38. The van der Waals surface area contributed by atoms with Gasteiger partial charge in [0.15, 0.2) is 11.5 Å². The van der Waals surface area contributed by atoms with Crippen molar-refractivity contribution in [3.8, 4) is 22.8 Å². The molecule has 1 fully saturated rings. The summed E-state index contributed by atoms with van der Waals surface area (Å²) in [5.74, 6) is -4.15. The first-order chi connectivity index (χ1) is 20.6. The Bertz CT molecular complexity index is 1640. The molecule has 0 saturated heterocycles. The number of ether oxygens (including phenoxy) is 1. The summed E-state index contributed by atoms with van der Waals surface area (Å²) in [6.07, 6.45) is -12.2. The molecule has 0 unspecified atom stereocenters. The van der Waals surface area contributed by atoms with Crippen LogP contribution in [-0.4, -0.2) is 32.0 Å². The third-order valence-corrected chi connectivity index (χ3v) is 7.53. The number of hydrogen-bond donors (Lipinski definition) is 1. The van der Waals surface area contributed by atoms with Crippen LogP contribution in [0.15, 0.2) is 72.9 Å². The Labute approximate surface area is 244 Å². The second-order valence-electron chi connectivity index (χ2n) is 10.3. The number of rotatable bonds is 7. The largest absolute Gasteiger partial charge is 0.478 e. The molecule has 1 aliphatic rings. The van der Waals surface area contributed by atoms with Gasteiger partial charge in [0, 0.05) is 5.56 Å². The van der Waals surface area contributed by atoms with Gasteiger partial charge in [0.05, 0.1) is 23.4 Å². The van der Waals surface area contributed by atoms with E-state index in [1.807, 2.05) is 0 Å². The van der Waals surface area contributed by atoms with Crippen molar-refractivity contribution in [3.63, 3.8) is 0 Å². The number of aromatic carboxylic acids is 1. The molecule has 5 rings (SSSR count). The van der Waals surface area contributed by atoms with Crippen LogP contribution < -0.4 is 4.74 Å². The zero-order chi connectivity index (χ0) is 31.9. The number of carboxylic acid groups (broad SMARTS) is 1. The molecule has 44 heavy (non-hydrogen) atoms. The van der Waals surface area contributed by atoms with Crippen LogP contribution in [0.3, 0.4) is 0 Å². The summed E-state index contributed by atoms with van der Waals surface area (Å²) in [6, 6.07) is 14.4. The highest BCUT2D eigenvalue weighted by molar-refractivity contribution is 5.89. The van der Waals surface area contributed by atoms with Crippen molar-refractivity contribution < 1.29 is 49.8 Å². The van der Waals surface area contributed by atoms with Crippen LogP contribution in [0.25, 0.3) is 17.1 Å². The Morgan fingerprint density at radius 2 is 1.50 bits per heavy atom. The maximum Gasteiger partial charge on any atom is 0.434 e. The van der Waals surface area contributed by atoms with Gasteiger partial charge in [-0.15, -0.1) is 0 Å². The van der Waals surface area contributed by atoms with Crippen LogP contribution in [0, 0.1) is 5.92 Å². The number of pyridine rings is 1. The normalized spacial score (nSPS) is 17.8. The zero-order valence-corrected chi connectivity index (χ0v) is 22.5. The van der Waals surface area contributed by atoms with Crippen LogP contribution >= 0.6 is 0 Å². The van der Waals surface area contributed by atoms with Crippen LogP contribution in [0.1, 0.15) is 58.8 Å². The third-order valence-electron chi connectivity index (χ3n) is 7.53. The van der Waals surface area contributed by atoms with Gasteiger partial charge >= 0.3 is 24.4 Å². The molecule has 1 aliphatic carbocycles. The Hall–Kier alpha value is -4.49. The lowest BCUT2D eigenvalue weighted by Crippen LogP contribution is -2.27. The van der Waals surface area contributed by atoms with Crippen molar-refractivity contribution in [3.05, 3.63) is 95.3 Å². The number of para-hydroxylation sites is 1. The molecule has 14 heteroatoms. The zero-order valence-electron chi connectivity index (χ0n) is 22.5. The SMILES string of the molecule is O=C(O)c1cnn(-c2cccc(-c3ccccc3OC(F)(F)c3ccc(C4CCC(C(F)(F)F)CC4)cc3)n2)c1C(F)(F)F. The molecule has 6 nitrogen and oxygen atoms in total. The molecule has 0 radical (unpaired) electrons. The molecule has 1 N–H and O–H groups in total. The summed E-state index contributed by atoms with van der Waals surface area (Å²) >= 11 is 0. The highest BCUT2D eigenvalue weighted by Gasteiger charge is 2.43. The van der Waals surface area contributed by atoms with E-state index in [1.165, 1.54) is 48.5 Å². The van der Waals surface area contributed by atoms with Crippen molar-refractivity contribution >= 4 is 5.97 Å². The first kappa shape index (κ1) is 31.0. The molecule has 1 saturated carbocycles. The average molecular weight is 626 g/mol. The molecular formula is C30H23F8N3O3. The fourth-order valence-corrected chi connectivity index (χ4v) is 5.31. The molecular weight excluding hydrogens is 602 g/mol. The molecule has 232 valence electrons. The highest BCUT2D eigenvalue weighted by Crippen LogP contribution is 2.44. The van der Waals surface area contributed by atoms with Crippen molar-refractivity contribution in [2.75, 3.05) is 0 Å². The first-order valence-corrected chi connectivity index (χ1v) is 13.3. The van der Waals surface area contributed by atoms with Gasteiger partial charge in [-0.1, -0.05) is 30.3 Å². The fraction of sp³-hybridized carbons (Fsp3) is 0.300. The predicted octanol–water partition coefficient (Wildman–Crippen LogP) is 8.62. The molecule has 2 heterocycles. The van der Waals surface area contributed by atoms with E-state index in [9.17, 15) is 36.2 Å². The van der Waals surface area contributed by atoms with Crippen LogP contribution in [0.4, 0.5) is 35.1 Å². The molecule has 0 bridgehead atoms. The minimum absolute atomic E-state index is 0.00578. The molecule has 0 atom stereocenters. The maximum atomic E-state index is 15.3. The number of benzene rings is 2. The van der Waals surface area contributed by atoms with E-state index in [-0.39, 0.29) is 48.6 Å². The van der Waals surface area contributed by atoms with Crippen molar-refractivity contribution in [2.45, 2.75) is 50.1 Å². The van der Waals surface area contributed by atoms with Gasteiger partial charge in [0.25, 0.3) is 0 Å². The smallest absolute Gasteiger partial charge is 0.434 e. The van der Waals surface area contributed by atoms with E-state index < -0.39 is 53.0 Å². The maximum absolute atomic E-state index is 15.3. The van der Waals surface area contributed by atoms with E-state index in [1.54, 1.807) is 0 Å². The minimum atomic E-state index is -5.09. The number of alkyl halides is 8. The quantitative estimate of drug-likeness (QED) is 0.208. The van der Waals surface area contributed by atoms with Gasteiger partial charge in [-0.05, 0) is 73.6 Å². The molecule has 4 aromatic rings. The fourth-order valence-electron chi connectivity index (χ4n) is 5.31. The molecule has 0 amide bonds. The monoisotopic (exact) mass is 625 g/mol. The number of nitrogens with zero attached hydrogens (tertiary/aromatic N) is 3. The number of carbonyl (C=O) groups is 1. The topological polar surface area (TPSA) is 77.2 Å². The van der Waals surface area contributed by atoms with Crippen molar-refractivity contribution in [1.82, 2.24) is 14.8 Å². The lowest BCUT2D eigenvalue weighted by Gasteiger charge is -2.30. The molecule has 2 aromatic heterocycles. The van der Waals surface area contributed by atoms with Crippen LogP contribution in [0.5, 0.6) is 5.75 Å². The number of aromatic nitrogens is 3. The molecule has 0 spiro atoms. The number of halogens is 8. The van der Waals surface area contributed by atoms with Gasteiger partial charge in [-0.2, -0.15) is 40.2 Å². The van der Waals surface area contributed by atoms with Gasteiger partial charge in [-0.3, -0.25) is 0 Å². The Morgan fingerprint density at radius 1 is 0.841 bits per heavy atom. The number of carboxylic acids is 1. The van der Waals surface area contributed by atoms with Crippen molar-refractivity contribution in [1.29, 1.82) is 0 Å². The minimum Gasteiger partial charge on any atom is -0.478 e. The molecule has 2 aromatic carbocycles. The lowest BCUT2D eigenvalue weighted by atomic mass is 9.78. The molecule has 0 aliphatic heterocycles. The lowest BCUT2D eigenvalue weighted by molar-refractivity contribution is -0.185. The van der Waals surface area contributed by atoms with Gasteiger partial charge in [-0.25, -0.2) is 14.5 Å².